The third-order valence-electron chi connectivity index (χ3n) is 4.03. The lowest BCUT2D eigenvalue weighted by molar-refractivity contribution is 0.574. The smallest absolute Gasteiger partial charge is 0.221 e. The zero-order valence-corrected chi connectivity index (χ0v) is 14.4. The molecule has 2 aromatic carbocycles. The van der Waals surface area contributed by atoms with Crippen LogP contribution in [0.25, 0.3) is 0 Å². The molecule has 5 nitrogen and oxygen atoms in total. The summed E-state index contributed by atoms with van der Waals surface area (Å²) in [5, 5.41) is 4.91. The number of nitrogens with one attached hydrogen (secondary N) is 2. The van der Waals surface area contributed by atoms with E-state index >= 15 is 0 Å². The van der Waals surface area contributed by atoms with Gasteiger partial charge in [-0.1, -0.05) is 59.9 Å². The maximum atomic E-state index is 4.70. The van der Waals surface area contributed by atoms with E-state index in [1.165, 1.54) is 10.4 Å². The van der Waals surface area contributed by atoms with Crippen LogP contribution < -0.4 is 21.1 Å². The van der Waals surface area contributed by atoms with Crippen molar-refractivity contribution < 1.29 is 0 Å². The number of hydrogen-bond donors (Lipinski definition) is 2. The molecule has 2 N–H and O–H groups in total. The second kappa shape index (κ2) is 6.24. The maximum absolute atomic E-state index is 4.70. The van der Waals surface area contributed by atoms with Gasteiger partial charge in [0.05, 0.1) is 11.4 Å². The first kappa shape index (κ1) is 15.1. The van der Waals surface area contributed by atoms with E-state index in [4.69, 9.17) is 4.98 Å². The van der Waals surface area contributed by atoms with Crippen molar-refractivity contribution in [1.82, 2.24) is 15.8 Å². The van der Waals surface area contributed by atoms with Gasteiger partial charge in [0, 0.05) is 4.88 Å². The van der Waals surface area contributed by atoms with Crippen LogP contribution in [0, 0.1) is 13.8 Å². The van der Waals surface area contributed by atoms with Crippen molar-refractivity contribution >= 4 is 22.2 Å². The van der Waals surface area contributed by atoms with Crippen molar-refractivity contribution in [2.24, 2.45) is 0 Å². The molecule has 1 aliphatic rings. The van der Waals surface area contributed by atoms with Gasteiger partial charge >= 0.3 is 0 Å². The Morgan fingerprint density at radius 1 is 0.875 bits per heavy atom. The number of hydrogen-bond acceptors (Lipinski definition) is 6. The second-order valence-corrected chi connectivity index (χ2v) is 6.88. The van der Waals surface area contributed by atoms with Crippen LogP contribution in [0.1, 0.15) is 22.3 Å². The Labute approximate surface area is 145 Å². The standard InChI is InChI=1S/C18H19N5S/c1-13-14(2)24-18(19-13)23-21-17(15-9-5-3-6-10-15)20-22(23)16-11-7-4-8-12-16/h3-12,17,20-21H,1-2H3/t17-/m0/s1. The summed E-state index contributed by atoms with van der Waals surface area (Å²) in [7, 11) is 0. The van der Waals surface area contributed by atoms with Crippen LogP contribution in [-0.4, -0.2) is 4.98 Å². The summed E-state index contributed by atoms with van der Waals surface area (Å²) in [5.74, 6) is 0. The fourth-order valence-electron chi connectivity index (χ4n) is 2.63. The number of nitrogens with zero attached hydrogens (tertiary/aromatic N) is 3. The highest BCUT2D eigenvalue weighted by molar-refractivity contribution is 7.15. The third kappa shape index (κ3) is 2.75. The lowest BCUT2D eigenvalue weighted by Gasteiger charge is -2.26. The minimum absolute atomic E-state index is 0.0177. The Bertz CT molecular complexity index is 798. The molecule has 0 radical (unpaired) electrons. The number of benzene rings is 2. The van der Waals surface area contributed by atoms with Crippen LogP contribution in [0.3, 0.4) is 0 Å². The van der Waals surface area contributed by atoms with E-state index in [9.17, 15) is 0 Å². The van der Waals surface area contributed by atoms with Crippen molar-refractivity contribution in [3.63, 3.8) is 0 Å². The molecule has 0 amide bonds. The summed E-state index contributed by atoms with van der Waals surface area (Å²) in [6.45, 7) is 4.14. The molecule has 0 saturated carbocycles. The molecule has 3 aromatic rings. The molecule has 1 atom stereocenters. The summed E-state index contributed by atoms with van der Waals surface area (Å²) in [5.41, 5.74) is 10.3. The number of para-hydroxylation sites is 1. The van der Waals surface area contributed by atoms with Crippen molar-refractivity contribution in [2.45, 2.75) is 20.0 Å². The molecule has 4 rings (SSSR count). The van der Waals surface area contributed by atoms with Gasteiger partial charge in [0.1, 0.15) is 6.17 Å². The van der Waals surface area contributed by atoms with Gasteiger partial charge in [0.2, 0.25) is 5.13 Å². The number of aryl methyl sites for hydroxylation is 2. The molecule has 1 fully saturated rings. The minimum atomic E-state index is -0.0177. The van der Waals surface area contributed by atoms with Gasteiger partial charge in [-0.15, -0.1) is 0 Å². The Kier molecular flexibility index (Phi) is 3.93. The zero-order valence-electron chi connectivity index (χ0n) is 13.6. The number of anilines is 2. The van der Waals surface area contributed by atoms with E-state index in [1.807, 2.05) is 53.6 Å². The second-order valence-electron chi connectivity index (χ2n) is 5.70. The monoisotopic (exact) mass is 337 g/mol. The Morgan fingerprint density at radius 3 is 2.12 bits per heavy atom. The van der Waals surface area contributed by atoms with Gasteiger partial charge < -0.3 is 0 Å². The number of aromatic nitrogens is 1. The molecular formula is C18H19N5S. The minimum Gasteiger partial charge on any atom is -0.223 e. The largest absolute Gasteiger partial charge is 0.223 e. The van der Waals surface area contributed by atoms with Gasteiger partial charge in [0.15, 0.2) is 0 Å². The normalized spacial score (nSPS) is 17.5. The number of rotatable bonds is 3. The fraction of sp³-hybridized carbons (Fsp3) is 0.167. The van der Waals surface area contributed by atoms with Crippen molar-refractivity contribution in [2.75, 3.05) is 10.2 Å². The molecular weight excluding hydrogens is 318 g/mol. The topological polar surface area (TPSA) is 43.4 Å². The van der Waals surface area contributed by atoms with Crippen LogP contribution in [-0.2, 0) is 0 Å². The van der Waals surface area contributed by atoms with Gasteiger partial charge in [-0.2, -0.15) is 21.1 Å². The first-order valence-electron chi connectivity index (χ1n) is 7.89. The lowest BCUT2D eigenvalue weighted by atomic mass is 10.2. The number of thiazole rings is 1. The molecule has 0 unspecified atom stereocenters. The highest BCUT2D eigenvalue weighted by Crippen LogP contribution is 2.31. The Hall–Kier alpha value is -2.41. The summed E-state index contributed by atoms with van der Waals surface area (Å²) in [6, 6.07) is 20.6. The average Bonchev–Trinajstić information content (AvgIpc) is 3.21. The van der Waals surface area contributed by atoms with Gasteiger partial charge in [-0.25, -0.2) is 4.98 Å². The van der Waals surface area contributed by atoms with Gasteiger partial charge in [-0.05, 0) is 31.5 Å². The molecule has 1 saturated heterocycles. The molecule has 0 spiro atoms. The van der Waals surface area contributed by atoms with E-state index < -0.39 is 0 Å². The van der Waals surface area contributed by atoms with Gasteiger partial charge in [-0.3, -0.25) is 0 Å². The predicted molar refractivity (Wildman–Crippen MR) is 98.4 cm³/mol. The molecule has 122 valence electrons. The van der Waals surface area contributed by atoms with Crippen molar-refractivity contribution in [3.8, 4) is 0 Å². The van der Waals surface area contributed by atoms with Crippen molar-refractivity contribution in [1.29, 1.82) is 0 Å². The predicted octanol–water partition coefficient (Wildman–Crippen LogP) is 3.71. The van der Waals surface area contributed by atoms with E-state index in [1.54, 1.807) is 11.3 Å². The Morgan fingerprint density at radius 2 is 1.50 bits per heavy atom. The summed E-state index contributed by atoms with van der Waals surface area (Å²) < 4.78 is 0. The summed E-state index contributed by atoms with van der Waals surface area (Å²) in [6.07, 6.45) is -0.0177. The zero-order chi connectivity index (χ0) is 16.5. The highest BCUT2D eigenvalue weighted by atomic mass is 32.1. The van der Waals surface area contributed by atoms with E-state index in [0.717, 1.165) is 16.5 Å². The van der Waals surface area contributed by atoms with Crippen molar-refractivity contribution in [3.05, 3.63) is 76.8 Å². The summed E-state index contributed by atoms with van der Waals surface area (Å²) in [4.78, 5) is 5.92. The highest BCUT2D eigenvalue weighted by Gasteiger charge is 2.32. The quantitative estimate of drug-likeness (QED) is 0.763. The Balaban J connectivity index is 1.71. The fourth-order valence-corrected chi connectivity index (χ4v) is 3.50. The first-order chi connectivity index (χ1) is 11.7. The maximum Gasteiger partial charge on any atom is 0.221 e. The lowest BCUT2D eigenvalue weighted by Crippen LogP contribution is -2.45. The van der Waals surface area contributed by atoms with Crippen LogP contribution in [0.4, 0.5) is 10.8 Å². The van der Waals surface area contributed by atoms with E-state index in [0.29, 0.717) is 0 Å². The molecule has 24 heavy (non-hydrogen) atoms. The molecule has 1 aliphatic heterocycles. The molecule has 0 bridgehead atoms. The van der Waals surface area contributed by atoms with E-state index in [2.05, 4.69) is 42.0 Å². The number of hydrazine groups is 3. The van der Waals surface area contributed by atoms with E-state index in [-0.39, 0.29) is 6.17 Å². The van der Waals surface area contributed by atoms with Crippen LogP contribution >= 0.6 is 11.3 Å². The first-order valence-corrected chi connectivity index (χ1v) is 8.70. The van der Waals surface area contributed by atoms with Crippen LogP contribution in [0.15, 0.2) is 60.7 Å². The van der Waals surface area contributed by atoms with Crippen LogP contribution in [0.5, 0.6) is 0 Å². The summed E-state index contributed by atoms with van der Waals surface area (Å²) >= 11 is 1.68. The SMILES string of the molecule is Cc1nc(N2N[C@@H](c3ccccc3)NN2c2ccccc2)sc1C. The molecule has 6 heteroatoms. The van der Waals surface area contributed by atoms with Gasteiger partial charge in [0.25, 0.3) is 0 Å². The molecule has 0 aliphatic carbocycles. The van der Waals surface area contributed by atoms with Crippen LogP contribution in [0.2, 0.25) is 0 Å². The third-order valence-corrected chi connectivity index (χ3v) is 5.08. The molecule has 2 heterocycles. The average molecular weight is 337 g/mol. The molecule has 1 aromatic heterocycles.